The molecule has 1 atom stereocenters. The van der Waals surface area contributed by atoms with Gasteiger partial charge in [0.15, 0.2) is 11.6 Å². The Kier molecular flexibility index (Phi) is 4.42. The molecule has 1 unspecified atom stereocenters. The van der Waals surface area contributed by atoms with Crippen molar-refractivity contribution in [1.82, 2.24) is 0 Å². The average Bonchev–Trinajstić information content (AvgIpc) is 3.24. The molecule has 3 nitrogen and oxygen atoms in total. The van der Waals surface area contributed by atoms with Crippen LogP contribution in [0.5, 0.6) is 5.75 Å². The van der Waals surface area contributed by atoms with E-state index in [9.17, 15) is 9.50 Å². The number of halogens is 1. The standard InChI is InChI=1S/C15H22FNO2/c1-19-13-4-2-3-12(14(13)16)8-15(9-17,10-18)7-11-5-6-11/h2-4,11,18H,5-10,17H2,1H3. The van der Waals surface area contributed by atoms with Gasteiger partial charge in [0.05, 0.1) is 13.7 Å². The number of rotatable bonds is 7. The smallest absolute Gasteiger partial charge is 0.168 e. The van der Waals surface area contributed by atoms with Crippen LogP contribution in [0.15, 0.2) is 18.2 Å². The maximum Gasteiger partial charge on any atom is 0.168 e. The van der Waals surface area contributed by atoms with Gasteiger partial charge in [0.2, 0.25) is 0 Å². The molecule has 106 valence electrons. The minimum absolute atomic E-state index is 0.00332. The van der Waals surface area contributed by atoms with Gasteiger partial charge in [-0.1, -0.05) is 25.0 Å². The fourth-order valence-corrected chi connectivity index (χ4v) is 2.60. The predicted molar refractivity (Wildman–Crippen MR) is 72.6 cm³/mol. The minimum atomic E-state index is -0.408. The second kappa shape index (κ2) is 5.88. The van der Waals surface area contributed by atoms with E-state index in [1.54, 1.807) is 18.2 Å². The lowest BCUT2D eigenvalue weighted by molar-refractivity contribution is 0.114. The van der Waals surface area contributed by atoms with E-state index < -0.39 is 5.41 Å². The minimum Gasteiger partial charge on any atom is -0.494 e. The second-order valence-electron chi connectivity index (χ2n) is 5.62. The monoisotopic (exact) mass is 267 g/mol. The highest BCUT2D eigenvalue weighted by Crippen LogP contribution is 2.42. The lowest BCUT2D eigenvalue weighted by atomic mass is 9.77. The Labute approximate surface area is 113 Å². The van der Waals surface area contributed by atoms with Crippen LogP contribution in [0.2, 0.25) is 0 Å². The lowest BCUT2D eigenvalue weighted by Gasteiger charge is -2.31. The molecule has 2 rings (SSSR count). The maximum atomic E-state index is 14.2. The molecule has 1 aromatic rings. The van der Waals surface area contributed by atoms with Crippen LogP contribution < -0.4 is 10.5 Å². The molecule has 0 saturated heterocycles. The molecule has 1 aliphatic carbocycles. The van der Waals surface area contributed by atoms with Crippen LogP contribution in [0.1, 0.15) is 24.8 Å². The van der Waals surface area contributed by atoms with Gasteiger partial charge in [-0.2, -0.15) is 0 Å². The Bertz CT molecular complexity index is 428. The van der Waals surface area contributed by atoms with E-state index in [4.69, 9.17) is 10.5 Å². The number of hydrogen-bond acceptors (Lipinski definition) is 3. The summed E-state index contributed by atoms with van der Waals surface area (Å²) < 4.78 is 19.2. The first-order chi connectivity index (χ1) is 9.14. The third kappa shape index (κ3) is 3.25. The van der Waals surface area contributed by atoms with Gasteiger partial charge in [0.25, 0.3) is 0 Å². The third-order valence-electron chi connectivity index (χ3n) is 4.02. The quantitative estimate of drug-likeness (QED) is 0.795. The second-order valence-corrected chi connectivity index (χ2v) is 5.62. The van der Waals surface area contributed by atoms with E-state index in [0.717, 1.165) is 6.42 Å². The zero-order chi connectivity index (χ0) is 13.9. The summed E-state index contributed by atoms with van der Waals surface area (Å²) in [6.45, 7) is 0.368. The van der Waals surface area contributed by atoms with Gasteiger partial charge in [-0.15, -0.1) is 0 Å². The molecule has 0 heterocycles. The SMILES string of the molecule is COc1cccc(CC(CN)(CO)CC2CC2)c1F. The van der Waals surface area contributed by atoms with Gasteiger partial charge in [0, 0.05) is 12.0 Å². The number of nitrogens with two attached hydrogens (primary N) is 1. The highest BCUT2D eigenvalue weighted by atomic mass is 19.1. The van der Waals surface area contributed by atoms with Crippen LogP contribution in [0.25, 0.3) is 0 Å². The first-order valence-electron chi connectivity index (χ1n) is 6.76. The number of methoxy groups -OCH3 is 1. The van der Waals surface area contributed by atoms with Crippen LogP contribution in [-0.4, -0.2) is 25.4 Å². The molecule has 0 amide bonds. The van der Waals surface area contributed by atoms with E-state index in [0.29, 0.717) is 24.4 Å². The van der Waals surface area contributed by atoms with Crippen LogP contribution in [0.3, 0.4) is 0 Å². The van der Waals surface area contributed by atoms with Gasteiger partial charge in [-0.25, -0.2) is 4.39 Å². The summed E-state index contributed by atoms with van der Waals surface area (Å²) in [7, 11) is 1.45. The van der Waals surface area contributed by atoms with Crippen LogP contribution >= 0.6 is 0 Å². The zero-order valence-electron chi connectivity index (χ0n) is 11.4. The summed E-state index contributed by atoms with van der Waals surface area (Å²) in [5.74, 6) is 0.546. The molecule has 1 aromatic carbocycles. The van der Waals surface area contributed by atoms with Gasteiger partial charge >= 0.3 is 0 Å². The first kappa shape index (κ1) is 14.3. The fourth-order valence-electron chi connectivity index (χ4n) is 2.60. The molecule has 0 bridgehead atoms. The van der Waals surface area contributed by atoms with Crippen molar-refractivity contribution in [3.05, 3.63) is 29.6 Å². The Morgan fingerprint density at radius 2 is 2.21 bits per heavy atom. The van der Waals surface area contributed by atoms with Gasteiger partial charge < -0.3 is 15.6 Å². The summed E-state index contributed by atoms with van der Waals surface area (Å²) in [6.07, 6.45) is 3.72. The lowest BCUT2D eigenvalue weighted by Crippen LogP contribution is -2.37. The van der Waals surface area contributed by atoms with E-state index >= 15 is 0 Å². The molecule has 1 saturated carbocycles. The van der Waals surface area contributed by atoms with Crippen molar-refractivity contribution in [2.45, 2.75) is 25.7 Å². The van der Waals surface area contributed by atoms with Crippen LogP contribution in [-0.2, 0) is 6.42 Å². The summed E-state index contributed by atoms with van der Waals surface area (Å²) in [6, 6.07) is 5.11. The molecule has 1 fully saturated rings. The van der Waals surface area contributed by atoms with Gasteiger partial charge in [0.1, 0.15) is 0 Å². The first-order valence-corrected chi connectivity index (χ1v) is 6.76. The van der Waals surface area contributed by atoms with Crippen molar-refractivity contribution in [3.8, 4) is 5.75 Å². The van der Waals surface area contributed by atoms with Gasteiger partial charge in [-0.3, -0.25) is 0 Å². The van der Waals surface area contributed by atoms with E-state index in [1.807, 2.05) is 0 Å². The molecule has 0 spiro atoms. The number of aliphatic hydroxyl groups is 1. The fraction of sp³-hybridized carbons (Fsp3) is 0.600. The highest BCUT2D eigenvalue weighted by Gasteiger charge is 2.36. The van der Waals surface area contributed by atoms with Gasteiger partial charge in [-0.05, 0) is 30.4 Å². The van der Waals surface area contributed by atoms with E-state index in [1.165, 1.54) is 20.0 Å². The summed E-state index contributed by atoms with van der Waals surface area (Å²) >= 11 is 0. The van der Waals surface area contributed by atoms with Crippen molar-refractivity contribution in [1.29, 1.82) is 0 Å². The molecule has 3 N–H and O–H groups in total. The third-order valence-corrected chi connectivity index (χ3v) is 4.02. The van der Waals surface area contributed by atoms with E-state index in [2.05, 4.69) is 0 Å². The number of benzene rings is 1. The molecule has 1 aliphatic rings. The van der Waals surface area contributed by atoms with Crippen molar-refractivity contribution in [3.63, 3.8) is 0 Å². The molecule has 4 heteroatoms. The molecule has 19 heavy (non-hydrogen) atoms. The number of hydrogen-bond donors (Lipinski definition) is 2. The summed E-state index contributed by atoms with van der Waals surface area (Å²) in [4.78, 5) is 0. The Morgan fingerprint density at radius 3 is 2.74 bits per heavy atom. The Morgan fingerprint density at radius 1 is 1.47 bits per heavy atom. The molecular formula is C15H22FNO2. The largest absolute Gasteiger partial charge is 0.494 e. The highest BCUT2D eigenvalue weighted by molar-refractivity contribution is 5.32. The van der Waals surface area contributed by atoms with Crippen molar-refractivity contribution >= 4 is 0 Å². The predicted octanol–water partition coefficient (Wildman–Crippen LogP) is 2.11. The molecule has 0 aliphatic heterocycles. The van der Waals surface area contributed by atoms with Crippen molar-refractivity contribution in [2.24, 2.45) is 17.1 Å². The summed E-state index contributed by atoms with van der Waals surface area (Å²) in [5, 5.41) is 9.70. The topological polar surface area (TPSA) is 55.5 Å². The maximum absolute atomic E-state index is 14.2. The van der Waals surface area contributed by atoms with Crippen molar-refractivity contribution in [2.75, 3.05) is 20.3 Å². The summed E-state index contributed by atoms with van der Waals surface area (Å²) in [5.41, 5.74) is 6.01. The van der Waals surface area contributed by atoms with Crippen molar-refractivity contribution < 1.29 is 14.2 Å². The zero-order valence-corrected chi connectivity index (χ0v) is 11.4. The molecular weight excluding hydrogens is 245 g/mol. The number of ether oxygens (including phenoxy) is 1. The Hall–Kier alpha value is -1.13. The normalized spacial score (nSPS) is 18.1. The molecule has 0 aromatic heterocycles. The Balaban J connectivity index is 2.20. The van der Waals surface area contributed by atoms with Crippen LogP contribution in [0.4, 0.5) is 4.39 Å². The average molecular weight is 267 g/mol. The number of aliphatic hydroxyl groups excluding tert-OH is 1. The molecule has 0 radical (unpaired) electrons. The van der Waals surface area contributed by atoms with E-state index in [-0.39, 0.29) is 18.2 Å². The van der Waals surface area contributed by atoms with Crippen LogP contribution in [0, 0.1) is 17.2 Å².